The lowest BCUT2D eigenvalue weighted by molar-refractivity contribution is 0.0768. The largest absolute Gasteiger partial charge is 0.384 e. The number of nitrogens with two attached hydrogens (primary N) is 1. The molecule has 4 rings (SSSR count). The number of likely N-dealkylation sites (tertiary alicyclic amines) is 1. The molecular formula is C26H29N5O2. The van der Waals surface area contributed by atoms with E-state index in [0.29, 0.717) is 24.2 Å². The Morgan fingerprint density at radius 3 is 2.18 bits per heavy atom. The summed E-state index contributed by atoms with van der Waals surface area (Å²) in [5.74, 6) is -0.340. The standard InChI is InChI=1S/C26H29N5O2/c27-24(28)21-11-9-19(10-12-21)18-31(26(33)30-15-5-1-2-6-16-30)29-25(32)23-14-13-20-7-3-4-8-22(20)17-23/h3-4,7-14,17H,1-2,5-6,15-16,18H2,(H3,27,28)(H,29,32). The number of nitrogens with one attached hydrogen (secondary N) is 2. The van der Waals surface area contributed by atoms with E-state index in [1.54, 1.807) is 18.2 Å². The number of carbonyl (C=O) groups is 2. The molecule has 3 amide bonds. The lowest BCUT2D eigenvalue weighted by Gasteiger charge is -2.30. The van der Waals surface area contributed by atoms with Gasteiger partial charge in [0.05, 0.1) is 6.54 Å². The maximum atomic E-state index is 13.4. The zero-order valence-corrected chi connectivity index (χ0v) is 18.6. The van der Waals surface area contributed by atoms with E-state index in [1.165, 1.54) is 5.01 Å². The molecule has 33 heavy (non-hydrogen) atoms. The number of nitrogens with zero attached hydrogens (tertiary/aromatic N) is 2. The summed E-state index contributed by atoms with van der Waals surface area (Å²) in [6.07, 6.45) is 4.15. The summed E-state index contributed by atoms with van der Waals surface area (Å²) in [5, 5.41) is 11.0. The van der Waals surface area contributed by atoms with E-state index >= 15 is 0 Å². The second-order valence-electron chi connectivity index (χ2n) is 8.38. The lowest BCUT2D eigenvalue weighted by Crippen LogP contribution is -2.51. The number of hydrogen-bond donors (Lipinski definition) is 3. The molecule has 0 unspecified atom stereocenters. The van der Waals surface area contributed by atoms with Crippen molar-refractivity contribution >= 4 is 28.5 Å². The Hall–Kier alpha value is -3.87. The number of amides is 3. The minimum atomic E-state index is -0.329. The number of fused-ring (bicyclic) bond motifs is 1. The van der Waals surface area contributed by atoms with Crippen LogP contribution in [0.4, 0.5) is 4.79 Å². The van der Waals surface area contributed by atoms with E-state index in [2.05, 4.69) is 5.43 Å². The molecule has 3 aromatic rings. The highest BCUT2D eigenvalue weighted by Crippen LogP contribution is 2.17. The van der Waals surface area contributed by atoms with Gasteiger partial charge in [0.1, 0.15) is 5.84 Å². The van der Waals surface area contributed by atoms with Gasteiger partial charge in [-0.25, -0.2) is 9.80 Å². The molecule has 170 valence electrons. The summed E-state index contributed by atoms with van der Waals surface area (Å²) in [4.78, 5) is 28.3. The Bertz CT molecular complexity index is 1150. The van der Waals surface area contributed by atoms with Crippen LogP contribution in [-0.2, 0) is 6.54 Å². The average Bonchev–Trinajstić information content (AvgIpc) is 3.13. The normalized spacial score (nSPS) is 13.9. The van der Waals surface area contributed by atoms with Crippen molar-refractivity contribution in [3.63, 3.8) is 0 Å². The van der Waals surface area contributed by atoms with Crippen molar-refractivity contribution in [2.45, 2.75) is 32.2 Å². The van der Waals surface area contributed by atoms with E-state index in [4.69, 9.17) is 11.1 Å². The second-order valence-corrected chi connectivity index (χ2v) is 8.38. The van der Waals surface area contributed by atoms with Crippen molar-refractivity contribution in [2.75, 3.05) is 13.1 Å². The third-order valence-electron chi connectivity index (χ3n) is 5.96. The van der Waals surface area contributed by atoms with Crippen LogP contribution in [0, 0.1) is 5.41 Å². The van der Waals surface area contributed by atoms with E-state index in [0.717, 1.165) is 42.0 Å². The molecule has 3 aromatic carbocycles. The van der Waals surface area contributed by atoms with Gasteiger partial charge in [0, 0.05) is 24.2 Å². The van der Waals surface area contributed by atoms with Crippen molar-refractivity contribution in [1.29, 1.82) is 5.41 Å². The van der Waals surface area contributed by atoms with Gasteiger partial charge in [-0.1, -0.05) is 67.4 Å². The number of benzene rings is 3. The van der Waals surface area contributed by atoms with Crippen LogP contribution >= 0.6 is 0 Å². The first-order valence-electron chi connectivity index (χ1n) is 11.3. The third-order valence-corrected chi connectivity index (χ3v) is 5.96. The van der Waals surface area contributed by atoms with Crippen LogP contribution in [0.15, 0.2) is 66.7 Å². The smallest absolute Gasteiger partial charge is 0.339 e. The summed E-state index contributed by atoms with van der Waals surface area (Å²) in [7, 11) is 0. The maximum absolute atomic E-state index is 13.4. The molecule has 7 heteroatoms. The van der Waals surface area contributed by atoms with Crippen molar-refractivity contribution in [3.8, 4) is 0 Å². The van der Waals surface area contributed by atoms with Crippen LogP contribution < -0.4 is 11.2 Å². The van der Waals surface area contributed by atoms with Gasteiger partial charge in [-0.2, -0.15) is 0 Å². The quantitative estimate of drug-likeness (QED) is 0.319. The molecular weight excluding hydrogens is 414 g/mol. The summed E-state index contributed by atoms with van der Waals surface area (Å²) >= 11 is 0. The van der Waals surface area contributed by atoms with E-state index in [9.17, 15) is 9.59 Å². The first-order valence-corrected chi connectivity index (χ1v) is 11.3. The number of hydrogen-bond acceptors (Lipinski definition) is 3. The second kappa shape index (κ2) is 10.2. The number of carbonyl (C=O) groups excluding carboxylic acids is 2. The van der Waals surface area contributed by atoms with Crippen LogP contribution in [0.5, 0.6) is 0 Å². The molecule has 1 aliphatic heterocycles. The highest BCUT2D eigenvalue weighted by Gasteiger charge is 2.24. The number of nitrogen functional groups attached to an aromatic ring is 1. The summed E-state index contributed by atoms with van der Waals surface area (Å²) in [6.45, 7) is 1.59. The van der Waals surface area contributed by atoms with Crippen molar-refractivity contribution in [1.82, 2.24) is 15.3 Å². The van der Waals surface area contributed by atoms with Gasteiger partial charge >= 0.3 is 6.03 Å². The molecule has 0 atom stereocenters. The number of rotatable bonds is 4. The molecule has 1 heterocycles. The van der Waals surface area contributed by atoms with Crippen LogP contribution in [0.2, 0.25) is 0 Å². The van der Waals surface area contributed by atoms with Gasteiger partial charge in [-0.05, 0) is 41.3 Å². The van der Waals surface area contributed by atoms with Crippen molar-refractivity contribution in [2.24, 2.45) is 5.73 Å². The van der Waals surface area contributed by atoms with Gasteiger partial charge in [0.15, 0.2) is 0 Å². The zero-order valence-electron chi connectivity index (χ0n) is 18.6. The van der Waals surface area contributed by atoms with Crippen molar-refractivity contribution < 1.29 is 9.59 Å². The highest BCUT2D eigenvalue weighted by molar-refractivity contribution is 5.99. The Balaban J connectivity index is 1.56. The predicted molar refractivity (Wildman–Crippen MR) is 130 cm³/mol. The Morgan fingerprint density at radius 2 is 1.52 bits per heavy atom. The molecule has 1 fully saturated rings. The monoisotopic (exact) mass is 443 g/mol. The van der Waals surface area contributed by atoms with E-state index < -0.39 is 0 Å². The molecule has 0 radical (unpaired) electrons. The highest BCUT2D eigenvalue weighted by atomic mass is 16.2. The van der Waals surface area contributed by atoms with Gasteiger partial charge < -0.3 is 10.6 Å². The van der Waals surface area contributed by atoms with Crippen LogP contribution in [0.3, 0.4) is 0 Å². The summed E-state index contributed by atoms with van der Waals surface area (Å²) in [6, 6.07) is 20.3. The lowest BCUT2D eigenvalue weighted by atomic mass is 10.1. The Kier molecular flexibility index (Phi) is 6.88. The fourth-order valence-corrected chi connectivity index (χ4v) is 4.08. The molecule has 0 saturated carbocycles. The molecule has 0 bridgehead atoms. The zero-order chi connectivity index (χ0) is 23.2. The number of urea groups is 1. The minimum absolute atomic E-state index is 0.0105. The fraction of sp³-hybridized carbons (Fsp3) is 0.269. The van der Waals surface area contributed by atoms with Gasteiger partial charge in [0.25, 0.3) is 5.91 Å². The van der Waals surface area contributed by atoms with Gasteiger partial charge in [-0.15, -0.1) is 0 Å². The fourth-order valence-electron chi connectivity index (χ4n) is 4.08. The SMILES string of the molecule is N=C(N)c1ccc(CN(NC(=O)c2ccc3ccccc3c2)C(=O)N2CCCCCC2)cc1. The van der Waals surface area contributed by atoms with Crippen molar-refractivity contribution in [3.05, 3.63) is 83.4 Å². The predicted octanol–water partition coefficient (Wildman–Crippen LogP) is 4.27. The maximum Gasteiger partial charge on any atom is 0.339 e. The minimum Gasteiger partial charge on any atom is -0.384 e. The van der Waals surface area contributed by atoms with Crippen LogP contribution in [0.25, 0.3) is 10.8 Å². The number of hydrazine groups is 1. The van der Waals surface area contributed by atoms with Crippen LogP contribution in [0.1, 0.15) is 47.2 Å². The molecule has 4 N–H and O–H groups in total. The Morgan fingerprint density at radius 1 is 0.879 bits per heavy atom. The topological polar surface area (TPSA) is 103 Å². The number of amidine groups is 1. The molecule has 1 saturated heterocycles. The van der Waals surface area contributed by atoms with Crippen LogP contribution in [-0.4, -0.2) is 40.8 Å². The first-order chi connectivity index (χ1) is 16.0. The molecule has 1 aliphatic rings. The molecule has 0 spiro atoms. The van der Waals surface area contributed by atoms with Gasteiger partial charge in [-0.3, -0.25) is 15.6 Å². The third kappa shape index (κ3) is 5.49. The summed E-state index contributed by atoms with van der Waals surface area (Å²) in [5.41, 5.74) is 10.3. The molecule has 7 nitrogen and oxygen atoms in total. The Labute approximate surface area is 193 Å². The van der Waals surface area contributed by atoms with E-state index in [-0.39, 0.29) is 24.3 Å². The molecule has 0 aromatic heterocycles. The van der Waals surface area contributed by atoms with E-state index in [1.807, 2.05) is 53.4 Å². The van der Waals surface area contributed by atoms with Gasteiger partial charge in [0.2, 0.25) is 0 Å². The summed E-state index contributed by atoms with van der Waals surface area (Å²) < 4.78 is 0. The molecule has 0 aliphatic carbocycles. The first kappa shape index (κ1) is 22.3. The average molecular weight is 444 g/mol.